The Balaban J connectivity index is 1.56. The number of thiazole rings is 1. The molecule has 5 rings (SSSR count). The summed E-state index contributed by atoms with van der Waals surface area (Å²) in [4.78, 5) is 32.5. The first-order valence-corrected chi connectivity index (χ1v) is 16.1. The zero-order valence-corrected chi connectivity index (χ0v) is 27.6. The van der Waals surface area contributed by atoms with Crippen LogP contribution in [0.25, 0.3) is 6.08 Å². The van der Waals surface area contributed by atoms with Gasteiger partial charge in [-0.05, 0) is 81.3 Å². The highest BCUT2D eigenvalue weighted by molar-refractivity contribution is 7.07. The van der Waals surface area contributed by atoms with Crippen molar-refractivity contribution in [2.24, 2.45) is 4.99 Å². The van der Waals surface area contributed by atoms with Crippen molar-refractivity contribution in [2.45, 2.75) is 40.3 Å². The Hall–Kier alpha value is -4.05. The van der Waals surface area contributed by atoms with Gasteiger partial charge in [0.2, 0.25) is 0 Å². The quantitative estimate of drug-likeness (QED) is 0.170. The van der Waals surface area contributed by atoms with Crippen LogP contribution in [0, 0.1) is 0 Å². The van der Waals surface area contributed by atoms with Crippen molar-refractivity contribution in [3.05, 3.63) is 118 Å². The second-order valence-corrected chi connectivity index (χ2v) is 11.8. The van der Waals surface area contributed by atoms with Crippen LogP contribution < -0.4 is 29.1 Å². The number of hydrogen-bond donors (Lipinski definition) is 0. The van der Waals surface area contributed by atoms with Crippen LogP contribution in [0.2, 0.25) is 10.0 Å². The Labute approximate surface area is 274 Å². The van der Waals surface area contributed by atoms with Crippen LogP contribution in [0.3, 0.4) is 0 Å². The predicted octanol–water partition coefficient (Wildman–Crippen LogP) is 6.48. The molecule has 8 nitrogen and oxygen atoms in total. The molecule has 234 valence electrons. The van der Waals surface area contributed by atoms with Crippen molar-refractivity contribution in [1.82, 2.24) is 4.57 Å². The third-order valence-electron chi connectivity index (χ3n) is 6.97. The number of carbonyl (C=O) groups excluding carboxylic acids is 1. The van der Waals surface area contributed by atoms with Crippen LogP contribution in [-0.2, 0) is 16.1 Å². The Kier molecular flexibility index (Phi) is 10.3. The highest BCUT2D eigenvalue weighted by atomic mass is 35.5. The minimum atomic E-state index is -0.781. The summed E-state index contributed by atoms with van der Waals surface area (Å²) in [5.74, 6) is 1.18. The Bertz CT molecular complexity index is 1950. The molecule has 0 radical (unpaired) electrons. The number of halogens is 2. The summed E-state index contributed by atoms with van der Waals surface area (Å²) >= 11 is 13.6. The molecule has 11 heteroatoms. The third kappa shape index (κ3) is 7.11. The van der Waals surface area contributed by atoms with Crippen LogP contribution in [0.4, 0.5) is 0 Å². The van der Waals surface area contributed by atoms with Gasteiger partial charge in [0.1, 0.15) is 12.4 Å². The number of carbonyl (C=O) groups is 1. The topological polar surface area (TPSA) is 88.4 Å². The molecule has 0 amide bonds. The lowest BCUT2D eigenvalue weighted by Gasteiger charge is -2.25. The van der Waals surface area contributed by atoms with Gasteiger partial charge < -0.3 is 18.9 Å². The molecule has 1 aromatic heterocycles. The third-order valence-corrected chi connectivity index (χ3v) is 8.54. The van der Waals surface area contributed by atoms with Gasteiger partial charge in [0.15, 0.2) is 16.3 Å². The molecule has 45 heavy (non-hydrogen) atoms. The van der Waals surface area contributed by atoms with E-state index in [4.69, 9.17) is 42.1 Å². The maximum Gasteiger partial charge on any atom is 0.338 e. The smallest absolute Gasteiger partial charge is 0.338 e. The van der Waals surface area contributed by atoms with Crippen molar-refractivity contribution in [1.29, 1.82) is 0 Å². The van der Waals surface area contributed by atoms with Crippen LogP contribution in [0.5, 0.6) is 17.2 Å². The number of esters is 1. The molecule has 0 spiro atoms. The molecular weight excluding hydrogens is 635 g/mol. The molecule has 0 saturated carbocycles. The van der Waals surface area contributed by atoms with E-state index in [1.807, 2.05) is 56.3 Å². The van der Waals surface area contributed by atoms with Gasteiger partial charge >= 0.3 is 5.97 Å². The fourth-order valence-electron chi connectivity index (χ4n) is 4.99. The number of aromatic nitrogens is 1. The van der Waals surface area contributed by atoms with Crippen molar-refractivity contribution in [3.63, 3.8) is 0 Å². The van der Waals surface area contributed by atoms with Gasteiger partial charge in [-0.3, -0.25) is 9.36 Å². The van der Waals surface area contributed by atoms with Gasteiger partial charge in [0.05, 0.1) is 41.7 Å². The van der Waals surface area contributed by atoms with Crippen molar-refractivity contribution in [2.75, 3.05) is 19.8 Å². The molecule has 1 aliphatic heterocycles. The van der Waals surface area contributed by atoms with E-state index in [-0.39, 0.29) is 18.8 Å². The summed E-state index contributed by atoms with van der Waals surface area (Å²) in [6, 6.07) is 17.3. The molecule has 0 bridgehead atoms. The number of nitrogens with zero attached hydrogens (tertiary/aromatic N) is 2. The van der Waals surface area contributed by atoms with Gasteiger partial charge in [-0.2, -0.15) is 0 Å². The number of benzene rings is 3. The molecule has 0 N–H and O–H groups in total. The molecule has 1 aliphatic rings. The first-order chi connectivity index (χ1) is 21.7. The van der Waals surface area contributed by atoms with Crippen LogP contribution in [0.1, 0.15) is 50.4 Å². The van der Waals surface area contributed by atoms with Gasteiger partial charge in [0, 0.05) is 15.6 Å². The van der Waals surface area contributed by atoms with Crippen molar-refractivity contribution >= 4 is 46.6 Å². The van der Waals surface area contributed by atoms with Gasteiger partial charge in [-0.15, -0.1) is 0 Å². The fraction of sp³-hybridized carbons (Fsp3) is 0.265. The normalized spacial score (nSPS) is 14.5. The first kappa shape index (κ1) is 32.3. The van der Waals surface area contributed by atoms with Gasteiger partial charge in [-0.1, -0.05) is 58.8 Å². The van der Waals surface area contributed by atoms with E-state index in [9.17, 15) is 9.59 Å². The van der Waals surface area contributed by atoms with E-state index in [1.54, 1.807) is 42.7 Å². The van der Waals surface area contributed by atoms with E-state index >= 15 is 0 Å². The highest BCUT2D eigenvalue weighted by Gasteiger charge is 2.34. The largest absolute Gasteiger partial charge is 0.490 e. The monoisotopic (exact) mass is 666 g/mol. The molecule has 0 aliphatic carbocycles. The minimum absolute atomic E-state index is 0.183. The maximum absolute atomic E-state index is 14.1. The van der Waals surface area contributed by atoms with E-state index in [1.165, 1.54) is 11.3 Å². The SMILES string of the molecule is CCOC(=O)C1=C(C)N=c2s/c(=C\c3cccc(OCc4ccc(Cl)cc4Cl)c3)c(=O)n2[C@@H]1c1ccc(OCC)c(OCC)c1. The number of hydrogen-bond acceptors (Lipinski definition) is 8. The maximum atomic E-state index is 14.1. The lowest BCUT2D eigenvalue weighted by molar-refractivity contribution is -0.139. The first-order valence-electron chi connectivity index (χ1n) is 14.5. The Morgan fingerprint density at radius 1 is 0.956 bits per heavy atom. The number of fused-ring (bicyclic) bond motifs is 1. The second-order valence-electron chi connectivity index (χ2n) is 9.97. The van der Waals surface area contributed by atoms with E-state index in [0.29, 0.717) is 66.7 Å². The zero-order chi connectivity index (χ0) is 32.1. The number of ether oxygens (including phenoxy) is 4. The minimum Gasteiger partial charge on any atom is -0.490 e. The average Bonchev–Trinajstić information content (AvgIpc) is 3.31. The summed E-state index contributed by atoms with van der Waals surface area (Å²) in [7, 11) is 0. The van der Waals surface area contributed by atoms with Crippen molar-refractivity contribution in [3.8, 4) is 17.2 Å². The van der Waals surface area contributed by atoms with Gasteiger partial charge in [0.25, 0.3) is 5.56 Å². The van der Waals surface area contributed by atoms with Crippen molar-refractivity contribution < 1.29 is 23.7 Å². The summed E-state index contributed by atoms with van der Waals surface area (Å²) in [5.41, 5.74) is 2.72. The van der Waals surface area contributed by atoms with E-state index in [0.717, 1.165) is 11.1 Å². The molecule has 0 saturated heterocycles. The lowest BCUT2D eigenvalue weighted by Crippen LogP contribution is -2.40. The van der Waals surface area contributed by atoms with Gasteiger partial charge in [-0.25, -0.2) is 9.79 Å². The standard InChI is InChI=1S/C34H32Cl2N2O6S/c1-5-41-27-14-12-22(17-28(27)42-6-2)31-30(33(40)43-7-3)20(4)37-34-38(31)32(39)29(45-34)16-21-9-8-10-25(15-21)44-19-23-11-13-24(35)18-26(23)36/h8-18,31H,5-7,19H2,1-4H3/b29-16-/t31-/m1/s1. The summed E-state index contributed by atoms with van der Waals surface area (Å²) in [6.07, 6.45) is 1.79. The molecule has 4 aromatic rings. The summed E-state index contributed by atoms with van der Waals surface area (Å²) in [5, 5.41) is 1.07. The van der Waals surface area contributed by atoms with Crippen LogP contribution in [0.15, 0.2) is 81.7 Å². The Morgan fingerprint density at radius 3 is 2.47 bits per heavy atom. The van der Waals surface area contributed by atoms with E-state index < -0.39 is 12.0 Å². The number of allylic oxidation sites excluding steroid dienone is 1. The zero-order valence-electron chi connectivity index (χ0n) is 25.3. The Morgan fingerprint density at radius 2 is 1.73 bits per heavy atom. The molecule has 0 fully saturated rings. The molecule has 3 aromatic carbocycles. The molecular formula is C34H32Cl2N2O6S. The summed E-state index contributed by atoms with van der Waals surface area (Å²) in [6.45, 7) is 8.58. The second kappa shape index (κ2) is 14.4. The lowest BCUT2D eigenvalue weighted by atomic mass is 9.95. The molecule has 2 heterocycles. The highest BCUT2D eigenvalue weighted by Crippen LogP contribution is 2.36. The summed E-state index contributed by atoms with van der Waals surface area (Å²) < 4.78 is 25.0. The van der Waals surface area contributed by atoms with Crippen LogP contribution >= 0.6 is 34.5 Å². The average molecular weight is 668 g/mol. The molecule has 1 atom stereocenters. The number of rotatable bonds is 11. The van der Waals surface area contributed by atoms with E-state index in [2.05, 4.69) is 4.99 Å². The fourth-order valence-corrected chi connectivity index (χ4v) is 6.50. The van der Waals surface area contributed by atoms with Crippen LogP contribution in [-0.4, -0.2) is 30.4 Å². The molecule has 0 unspecified atom stereocenters. The predicted molar refractivity (Wildman–Crippen MR) is 176 cm³/mol.